The predicted molar refractivity (Wildman–Crippen MR) is 92.2 cm³/mol. The van der Waals surface area contributed by atoms with Crippen LogP contribution in [0.25, 0.3) is 0 Å². The van der Waals surface area contributed by atoms with Gasteiger partial charge in [-0.05, 0) is 86.9 Å². The molecule has 0 aromatic heterocycles. The van der Waals surface area contributed by atoms with Gasteiger partial charge in [0.15, 0.2) is 0 Å². The molecule has 4 rings (SSSR count). The molecule has 0 aromatic carbocycles. The zero-order valence-electron chi connectivity index (χ0n) is 15.1. The molecule has 3 nitrogen and oxygen atoms in total. The lowest BCUT2D eigenvalue weighted by Gasteiger charge is -2.60. The molecule has 0 radical (unpaired) electrons. The maximum atomic E-state index is 10.1. The molecule has 0 bridgehead atoms. The number of rotatable bonds is 1. The summed E-state index contributed by atoms with van der Waals surface area (Å²) in [5.41, 5.74) is 2.09. The summed E-state index contributed by atoms with van der Waals surface area (Å²) in [6.45, 7) is 5.01. The first kappa shape index (κ1) is 15.9. The average Bonchev–Trinajstić information content (AvgIpc) is 2.85. The van der Waals surface area contributed by atoms with Gasteiger partial charge in [0.25, 0.3) is 0 Å². The number of hydrogen-bond donors (Lipinski definition) is 1. The van der Waals surface area contributed by atoms with Crippen LogP contribution in [-0.2, 0) is 4.84 Å². The molecular formula is C20H33NO2. The van der Waals surface area contributed by atoms with E-state index < -0.39 is 0 Å². The van der Waals surface area contributed by atoms with Crippen LogP contribution >= 0.6 is 0 Å². The van der Waals surface area contributed by atoms with Gasteiger partial charge in [0.05, 0.1) is 11.8 Å². The van der Waals surface area contributed by atoms with Crippen molar-refractivity contribution in [2.75, 3.05) is 7.11 Å². The van der Waals surface area contributed by atoms with E-state index in [2.05, 4.69) is 19.0 Å². The second-order valence-electron chi connectivity index (χ2n) is 9.30. The minimum Gasteiger partial charge on any atom is -0.399 e. The maximum absolute atomic E-state index is 10.1. The minimum absolute atomic E-state index is 0.0367. The zero-order valence-corrected chi connectivity index (χ0v) is 15.1. The van der Waals surface area contributed by atoms with Gasteiger partial charge in [-0.2, -0.15) is 0 Å². The van der Waals surface area contributed by atoms with E-state index in [1.165, 1.54) is 44.2 Å². The molecule has 7 atom stereocenters. The van der Waals surface area contributed by atoms with Gasteiger partial charge >= 0.3 is 0 Å². The second kappa shape index (κ2) is 5.47. The SMILES string of the molecule is CO/N=C1/CC[C@H]2[C@@H]3CC[C@@H]4C[C@@H](O)CC[C@]4(C)[C@H]3CC[C@]12C. The Hall–Kier alpha value is -0.570. The van der Waals surface area contributed by atoms with Gasteiger partial charge in [-0.15, -0.1) is 0 Å². The number of oxime groups is 1. The lowest BCUT2D eigenvalue weighted by atomic mass is 9.45. The van der Waals surface area contributed by atoms with E-state index in [4.69, 9.17) is 4.84 Å². The van der Waals surface area contributed by atoms with Crippen molar-refractivity contribution >= 4 is 5.71 Å². The molecule has 0 unspecified atom stereocenters. The molecule has 0 spiro atoms. The Bertz CT molecular complexity index is 504. The Balaban J connectivity index is 1.62. The minimum atomic E-state index is -0.0367. The van der Waals surface area contributed by atoms with Crippen molar-refractivity contribution in [2.24, 2.45) is 39.7 Å². The van der Waals surface area contributed by atoms with Crippen molar-refractivity contribution in [3.05, 3.63) is 0 Å². The molecule has 0 saturated heterocycles. The molecule has 23 heavy (non-hydrogen) atoms. The molecule has 4 aliphatic rings. The van der Waals surface area contributed by atoms with Gasteiger partial charge in [-0.3, -0.25) is 0 Å². The molecule has 0 aromatic rings. The van der Waals surface area contributed by atoms with E-state index in [1.807, 2.05) is 0 Å². The lowest BCUT2D eigenvalue weighted by Crippen LogP contribution is -2.54. The van der Waals surface area contributed by atoms with Gasteiger partial charge in [0.2, 0.25) is 0 Å². The molecular weight excluding hydrogens is 286 g/mol. The average molecular weight is 319 g/mol. The third-order valence-electron chi connectivity index (χ3n) is 8.58. The summed E-state index contributed by atoms with van der Waals surface area (Å²) in [5.74, 6) is 3.30. The molecule has 3 heteroatoms. The van der Waals surface area contributed by atoms with Gasteiger partial charge in [-0.25, -0.2) is 0 Å². The molecule has 0 amide bonds. The van der Waals surface area contributed by atoms with Crippen molar-refractivity contribution in [2.45, 2.75) is 77.7 Å². The van der Waals surface area contributed by atoms with E-state index in [-0.39, 0.29) is 11.5 Å². The zero-order chi connectivity index (χ0) is 16.2. The quantitative estimate of drug-likeness (QED) is 0.728. The van der Waals surface area contributed by atoms with E-state index in [9.17, 15) is 5.11 Å². The highest BCUT2D eigenvalue weighted by atomic mass is 16.6. The highest BCUT2D eigenvalue weighted by Gasteiger charge is 2.59. The third-order valence-corrected chi connectivity index (χ3v) is 8.58. The topological polar surface area (TPSA) is 41.8 Å². The van der Waals surface area contributed by atoms with Gasteiger partial charge in [-0.1, -0.05) is 19.0 Å². The summed E-state index contributed by atoms with van der Waals surface area (Å²) < 4.78 is 0. The van der Waals surface area contributed by atoms with Crippen LogP contribution in [0.4, 0.5) is 0 Å². The molecule has 0 aliphatic heterocycles. The summed E-state index contributed by atoms with van der Waals surface area (Å²) in [5, 5.41) is 14.5. The van der Waals surface area contributed by atoms with Crippen LogP contribution in [-0.4, -0.2) is 24.0 Å². The first-order valence-electron chi connectivity index (χ1n) is 9.77. The van der Waals surface area contributed by atoms with E-state index >= 15 is 0 Å². The van der Waals surface area contributed by atoms with Crippen LogP contribution in [0.5, 0.6) is 0 Å². The predicted octanol–water partition coefficient (Wildman–Crippen LogP) is 4.39. The summed E-state index contributed by atoms with van der Waals surface area (Å²) in [4.78, 5) is 5.15. The molecule has 4 saturated carbocycles. The monoisotopic (exact) mass is 319 g/mol. The number of hydrogen-bond acceptors (Lipinski definition) is 3. The Kier molecular flexibility index (Phi) is 3.79. The fourth-order valence-electron chi connectivity index (χ4n) is 7.28. The number of aliphatic hydroxyl groups excluding tert-OH is 1. The Morgan fingerprint density at radius 3 is 2.65 bits per heavy atom. The van der Waals surface area contributed by atoms with Gasteiger partial charge in [0.1, 0.15) is 7.11 Å². The Morgan fingerprint density at radius 1 is 1.04 bits per heavy atom. The second-order valence-corrected chi connectivity index (χ2v) is 9.30. The third kappa shape index (κ3) is 2.22. The molecule has 0 heterocycles. The molecule has 4 aliphatic carbocycles. The highest BCUT2D eigenvalue weighted by molar-refractivity contribution is 5.92. The van der Waals surface area contributed by atoms with Crippen LogP contribution in [0.1, 0.15) is 71.6 Å². The van der Waals surface area contributed by atoms with E-state index in [0.717, 1.165) is 42.9 Å². The van der Waals surface area contributed by atoms with Crippen molar-refractivity contribution in [3.8, 4) is 0 Å². The molecule has 130 valence electrons. The first-order chi connectivity index (χ1) is 11.0. The maximum Gasteiger partial charge on any atom is 0.106 e. The van der Waals surface area contributed by atoms with Crippen molar-refractivity contribution in [3.63, 3.8) is 0 Å². The van der Waals surface area contributed by atoms with Crippen molar-refractivity contribution in [1.82, 2.24) is 0 Å². The van der Waals surface area contributed by atoms with Crippen LogP contribution < -0.4 is 0 Å². The Morgan fingerprint density at radius 2 is 1.87 bits per heavy atom. The molecule has 4 fully saturated rings. The first-order valence-corrected chi connectivity index (χ1v) is 9.77. The number of fused-ring (bicyclic) bond motifs is 5. The smallest absolute Gasteiger partial charge is 0.106 e. The van der Waals surface area contributed by atoms with Gasteiger partial charge < -0.3 is 9.94 Å². The van der Waals surface area contributed by atoms with E-state index in [0.29, 0.717) is 5.41 Å². The summed E-state index contributed by atoms with van der Waals surface area (Å²) >= 11 is 0. The van der Waals surface area contributed by atoms with Crippen molar-refractivity contribution < 1.29 is 9.94 Å². The highest BCUT2D eigenvalue weighted by Crippen LogP contribution is 2.65. The Labute approximate surface area is 140 Å². The van der Waals surface area contributed by atoms with E-state index in [1.54, 1.807) is 7.11 Å². The van der Waals surface area contributed by atoms with Crippen LogP contribution in [0, 0.1) is 34.5 Å². The van der Waals surface area contributed by atoms with Crippen molar-refractivity contribution in [1.29, 1.82) is 0 Å². The number of aliphatic hydroxyl groups is 1. The summed E-state index contributed by atoms with van der Waals surface area (Å²) in [7, 11) is 1.69. The fourth-order valence-corrected chi connectivity index (χ4v) is 7.28. The van der Waals surface area contributed by atoms with Crippen LogP contribution in [0.15, 0.2) is 5.16 Å². The van der Waals surface area contributed by atoms with Gasteiger partial charge in [0, 0.05) is 5.41 Å². The fraction of sp³-hybridized carbons (Fsp3) is 0.950. The molecule has 1 N–H and O–H groups in total. The summed E-state index contributed by atoms with van der Waals surface area (Å²) in [6, 6.07) is 0. The van der Waals surface area contributed by atoms with Crippen LogP contribution in [0.3, 0.4) is 0 Å². The largest absolute Gasteiger partial charge is 0.399 e. The number of nitrogens with zero attached hydrogens (tertiary/aromatic N) is 1. The standard InChI is InChI=1S/C20H33NO2/c1-19-10-8-14(22)12-13(19)4-5-15-16-6-7-18(21-23-3)20(16,2)11-9-17(15)19/h13-17,22H,4-12H2,1-3H3/b21-18-/t13-,14+,15+,16+,17+,19+,20+/m1/s1. The summed E-state index contributed by atoms with van der Waals surface area (Å²) in [6.07, 6.45) is 11.1. The van der Waals surface area contributed by atoms with Crippen LogP contribution in [0.2, 0.25) is 0 Å². The normalized spacial score (nSPS) is 54.3. The lowest BCUT2D eigenvalue weighted by molar-refractivity contribution is -0.114.